The number of aliphatic imine (C=N–C) groups is 1. The second-order valence-corrected chi connectivity index (χ2v) is 7.08. The minimum absolute atomic E-state index is 0.782. The van der Waals surface area contributed by atoms with Crippen LogP contribution in [-0.4, -0.2) is 48.0 Å². The number of hydrogen-bond donors (Lipinski definition) is 1. The molecule has 1 atom stereocenters. The van der Waals surface area contributed by atoms with Gasteiger partial charge in [-0.1, -0.05) is 19.8 Å². The highest BCUT2D eigenvalue weighted by molar-refractivity contribution is 8.00. The lowest BCUT2D eigenvalue weighted by atomic mass is 10.2. The minimum Gasteiger partial charge on any atom is -0.357 e. The lowest BCUT2D eigenvalue weighted by molar-refractivity contribution is 0.408. The van der Waals surface area contributed by atoms with E-state index in [2.05, 4.69) is 35.8 Å². The highest BCUT2D eigenvalue weighted by atomic mass is 32.2. The first-order valence-corrected chi connectivity index (χ1v) is 9.03. The molecule has 0 radical (unpaired) electrons. The normalized spacial score (nSPS) is 24.6. The Labute approximate surface area is 122 Å². The molecule has 1 aliphatic carbocycles. The summed E-state index contributed by atoms with van der Waals surface area (Å²) in [6, 6.07) is 0. The average molecular weight is 283 g/mol. The summed E-state index contributed by atoms with van der Waals surface area (Å²) in [5.41, 5.74) is 0. The number of guanidine groups is 1. The molecular formula is C15H29N3S. The Bertz CT molecular complexity index is 289. The molecule has 19 heavy (non-hydrogen) atoms. The molecule has 2 fully saturated rings. The second-order valence-electron chi connectivity index (χ2n) is 5.67. The summed E-state index contributed by atoms with van der Waals surface area (Å²) in [6.45, 7) is 8.74. The Morgan fingerprint density at radius 3 is 2.89 bits per heavy atom. The molecule has 1 saturated carbocycles. The van der Waals surface area contributed by atoms with E-state index in [-0.39, 0.29) is 0 Å². The molecule has 0 spiro atoms. The molecule has 0 aromatic carbocycles. The van der Waals surface area contributed by atoms with Crippen molar-refractivity contribution >= 4 is 17.7 Å². The van der Waals surface area contributed by atoms with E-state index in [1.807, 2.05) is 0 Å². The van der Waals surface area contributed by atoms with E-state index in [9.17, 15) is 0 Å². The van der Waals surface area contributed by atoms with Crippen LogP contribution < -0.4 is 5.32 Å². The molecule has 1 aliphatic heterocycles. The summed E-state index contributed by atoms with van der Waals surface area (Å²) in [5, 5.41) is 4.25. The van der Waals surface area contributed by atoms with Crippen molar-refractivity contribution < 1.29 is 0 Å². The first-order chi connectivity index (χ1) is 9.33. The van der Waals surface area contributed by atoms with Crippen molar-refractivity contribution in [3.8, 4) is 0 Å². The first-order valence-electron chi connectivity index (χ1n) is 7.98. The van der Waals surface area contributed by atoms with E-state index in [0.717, 1.165) is 43.3 Å². The Morgan fingerprint density at radius 2 is 2.21 bits per heavy atom. The Kier molecular flexibility index (Phi) is 6.35. The van der Waals surface area contributed by atoms with Gasteiger partial charge in [-0.2, -0.15) is 11.8 Å². The topological polar surface area (TPSA) is 27.6 Å². The molecule has 1 saturated heterocycles. The third kappa shape index (κ3) is 5.25. The van der Waals surface area contributed by atoms with Crippen molar-refractivity contribution in [3.63, 3.8) is 0 Å². The Morgan fingerprint density at radius 1 is 1.37 bits per heavy atom. The lowest BCUT2D eigenvalue weighted by Crippen LogP contribution is -2.48. The largest absolute Gasteiger partial charge is 0.357 e. The first kappa shape index (κ1) is 15.0. The summed E-state index contributed by atoms with van der Waals surface area (Å²) in [6.07, 6.45) is 6.84. The molecule has 3 nitrogen and oxygen atoms in total. The molecule has 0 amide bonds. The molecule has 1 unspecified atom stereocenters. The van der Waals surface area contributed by atoms with Crippen LogP contribution in [0.4, 0.5) is 0 Å². The van der Waals surface area contributed by atoms with Gasteiger partial charge in [0.2, 0.25) is 0 Å². The zero-order valence-electron chi connectivity index (χ0n) is 12.5. The molecule has 1 heterocycles. The lowest BCUT2D eigenvalue weighted by Gasteiger charge is -2.34. The van der Waals surface area contributed by atoms with Gasteiger partial charge in [-0.3, -0.25) is 4.99 Å². The van der Waals surface area contributed by atoms with Gasteiger partial charge < -0.3 is 10.2 Å². The predicted molar refractivity (Wildman–Crippen MR) is 86.0 cm³/mol. The van der Waals surface area contributed by atoms with Crippen LogP contribution in [0.25, 0.3) is 0 Å². The van der Waals surface area contributed by atoms with Gasteiger partial charge in [0.25, 0.3) is 0 Å². The van der Waals surface area contributed by atoms with E-state index in [4.69, 9.17) is 4.99 Å². The van der Waals surface area contributed by atoms with Gasteiger partial charge in [-0.15, -0.1) is 0 Å². The quantitative estimate of drug-likeness (QED) is 0.461. The van der Waals surface area contributed by atoms with Crippen LogP contribution in [0, 0.1) is 5.92 Å². The predicted octanol–water partition coefficient (Wildman–Crippen LogP) is 2.97. The maximum absolute atomic E-state index is 4.83. The van der Waals surface area contributed by atoms with Crippen LogP contribution in [-0.2, 0) is 0 Å². The van der Waals surface area contributed by atoms with Crippen LogP contribution in [0.5, 0.6) is 0 Å². The molecular weight excluding hydrogens is 254 g/mol. The second kappa shape index (κ2) is 8.03. The number of hydrogen-bond acceptors (Lipinski definition) is 2. The molecule has 0 aromatic heterocycles. The molecule has 1 N–H and O–H groups in total. The fourth-order valence-corrected chi connectivity index (χ4v) is 3.74. The van der Waals surface area contributed by atoms with Crippen LogP contribution in [0.2, 0.25) is 0 Å². The third-order valence-electron chi connectivity index (χ3n) is 3.96. The Hall–Kier alpha value is -0.380. The van der Waals surface area contributed by atoms with E-state index in [1.54, 1.807) is 0 Å². The van der Waals surface area contributed by atoms with Crippen molar-refractivity contribution in [1.29, 1.82) is 0 Å². The number of rotatable bonds is 6. The van der Waals surface area contributed by atoms with Crippen molar-refractivity contribution in [2.75, 3.05) is 31.9 Å². The highest BCUT2D eigenvalue weighted by Gasteiger charge is 2.22. The maximum Gasteiger partial charge on any atom is 0.193 e. The summed E-state index contributed by atoms with van der Waals surface area (Å²) >= 11 is 2.12. The van der Waals surface area contributed by atoms with Gasteiger partial charge in [0.05, 0.1) is 0 Å². The van der Waals surface area contributed by atoms with Gasteiger partial charge in [-0.25, -0.2) is 0 Å². The van der Waals surface area contributed by atoms with Crippen LogP contribution >= 0.6 is 11.8 Å². The van der Waals surface area contributed by atoms with Crippen LogP contribution in [0.1, 0.15) is 46.0 Å². The molecule has 4 heteroatoms. The van der Waals surface area contributed by atoms with Crippen molar-refractivity contribution in [3.05, 3.63) is 0 Å². The van der Waals surface area contributed by atoms with E-state index in [0.29, 0.717) is 0 Å². The summed E-state index contributed by atoms with van der Waals surface area (Å²) in [5.74, 6) is 3.43. The summed E-state index contributed by atoms with van der Waals surface area (Å²) < 4.78 is 0. The smallest absolute Gasteiger partial charge is 0.193 e. The van der Waals surface area contributed by atoms with Gasteiger partial charge in [0.15, 0.2) is 5.96 Å². The Balaban J connectivity index is 1.79. The van der Waals surface area contributed by atoms with Gasteiger partial charge in [-0.05, 0) is 32.1 Å². The van der Waals surface area contributed by atoms with E-state index >= 15 is 0 Å². The number of thioether (sulfide) groups is 1. The molecule has 110 valence electrons. The fraction of sp³-hybridized carbons (Fsp3) is 0.933. The SMILES string of the molecule is CCNC(=NCCCC1CC1)N1CCSC(CC)C1. The number of nitrogens with zero attached hydrogens (tertiary/aromatic N) is 2. The van der Waals surface area contributed by atoms with Crippen molar-refractivity contribution in [2.24, 2.45) is 10.9 Å². The van der Waals surface area contributed by atoms with E-state index in [1.165, 1.54) is 37.9 Å². The standard InChI is InChI=1S/C15H29N3S/c1-3-14-12-18(10-11-19-14)15(16-4-2)17-9-5-6-13-7-8-13/h13-14H,3-12H2,1-2H3,(H,16,17). The molecule has 0 aromatic rings. The van der Waals surface area contributed by atoms with Crippen molar-refractivity contribution in [2.45, 2.75) is 51.2 Å². The monoisotopic (exact) mass is 283 g/mol. The van der Waals surface area contributed by atoms with Crippen LogP contribution in [0.3, 0.4) is 0 Å². The zero-order chi connectivity index (χ0) is 13.5. The molecule has 2 aliphatic rings. The summed E-state index contributed by atoms with van der Waals surface area (Å²) in [7, 11) is 0. The van der Waals surface area contributed by atoms with Gasteiger partial charge in [0, 0.05) is 37.2 Å². The molecule has 2 rings (SSSR count). The fourth-order valence-electron chi connectivity index (χ4n) is 2.56. The summed E-state index contributed by atoms with van der Waals surface area (Å²) in [4.78, 5) is 7.29. The van der Waals surface area contributed by atoms with Gasteiger partial charge >= 0.3 is 0 Å². The molecule has 0 bridgehead atoms. The van der Waals surface area contributed by atoms with E-state index < -0.39 is 0 Å². The van der Waals surface area contributed by atoms with Crippen LogP contribution in [0.15, 0.2) is 4.99 Å². The zero-order valence-corrected chi connectivity index (χ0v) is 13.3. The minimum atomic E-state index is 0.782. The average Bonchev–Trinajstić information content (AvgIpc) is 3.26. The number of nitrogens with one attached hydrogen (secondary N) is 1. The third-order valence-corrected chi connectivity index (χ3v) is 5.33. The highest BCUT2D eigenvalue weighted by Crippen LogP contribution is 2.33. The maximum atomic E-state index is 4.83. The van der Waals surface area contributed by atoms with Gasteiger partial charge in [0.1, 0.15) is 0 Å². The van der Waals surface area contributed by atoms with Crippen molar-refractivity contribution in [1.82, 2.24) is 10.2 Å².